The monoisotopic (exact) mass is 340 g/mol. The second kappa shape index (κ2) is 9.29. The number of hydrogen-bond donors (Lipinski definition) is 3. The summed E-state index contributed by atoms with van der Waals surface area (Å²) in [5.41, 5.74) is 7.42. The highest BCUT2D eigenvalue weighted by atomic mass is 32.2. The second-order valence-electron chi connectivity index (χ2n) is 5.05. The first kappa shape index (κ1) is 19.1. The lowest BCUT2D eigenvalue weighted by Crippen LogP contribution is -2.32. The molecule has 0 amide bonds. The van der Waals surface area contributed by atoms with Crippen molar-refractivity contribution in [2.24, 2.45) is 10.7 Å². The van der Waals surface area contributed by atoms with E-state index in [0.29, 0.717) is 19.1 Å². The van der Waals surface area contributed by atoms with E-state index in [1.807, 2.05) is 6.92 Å². The largest absolute Gasteiger partial charge is 0.383 e. The number of nitrogens with two attached hydrogens (primary N) is 1. The van der Waals surface area contributed by atoms with E-state index in [1.165, 1.54) is 13.2 Å². The molecule has 0 aliphatic heterocycles. The molecule has 0 aliphatic carbocycles. The Bertz CT molecular complexity index is 656. The van der Waals surface area contributed by atoms with Crippen molar-refractivity contribution in [1.82, 2.24) is 10.0 Å². The van der Waals surface area contributed by atoms with Gasteiger partial charge in [0.25, 0.3) is 0 Å². The van der Waals surface area contributed by atoms with Crippen LogP contribution in [0, 0.1) is 0 Å². The Kier molecular flexibility index (Phi) is 7.73. The van der Waals surface area contributed by atoms with E-state index in [0.717, 1.165) is 11.1 Å². The minimum absolute atomic E-state index is 0.190. The maximum atomic E-state index is 12.1. The van der Waals surface area contributed by atoms with E-state index in [-0.39, 0.29) is 18.0 Å². The molecular weight excluding hydrogens is 316 g/mol. The minimum Gasteiger partial charge on any atom is -0.383 e. The molecule has 8 heteroatoms. The van der Waals surface area contributed by atoms with Gasteiger partial charge in [-0.3, -0.25) is 0 Å². The molecule has 23 heavy (non-hydrogen) atoms. The molecule has 4 N–H and O–H groups in total. The van der Waals surface area contributed by atoms with Crippen LogP contribution in [0.5, 0.6) is 0 Å². The molecule has 0 heterocycles. The van der Waals surface area contributed by atoms with Gasteiger partial charge in [0.1, 0.15) is 0 Å². The maximum absolute atomic E-state index is 12.1. The minimum atomic E-state index is -3.55. The summed E-state index contributed by atoms with van der Waals surface area (Å²) in [4.78, 5) is 4.36. The maximum Gasteiger partial charge on any atom is 0.240 e. The standard InChI is InChI=1S/C15H24N4O3S/c1-12(2)10-17-15(16)18-11-13-5-4-6-14(9-13)23(20,21)19-7-8-22-3/h4-6,9,19H,1,7-8,10-11H2,2-3H3,(H3,16,17,18). The molecule has 0 fully saturated rings. The number of rotatable bonds is 9. The van der Waals surface area contributed by atoms with Crippen molar-refractivity contribution in [2.75, 3.05) is 26.8 Å². The Hall–Kier alpha value is -1.90. The zero-order valence-corrected chi connectivity index (χ0v) is 14.3. The van der Waals surface area contributed by atoms with Crippen LogP contribution >= 0.6 is 0 Å². The van der Waals surface area contributed by atoms with Gasteiger partial charge < -0.3 is 15.8 Å². The van der Waals surface area contributed by atoms with Crippen LogP contribution in [-0.4, -0.2) is 41.2 Å². The third kappa shape index (κ3) is 7.27. The van der Waals surface area contributed by atoms with Gasteiger partial charge in [0.2, 0.25) is 10.0 Å². The van der Waals surface area contributed by atoms with Crippen LogP contribution in [0.4, 0.5) is 0 Å². The highest BCUT2D eigenvalue weighted by Crippen LogP contribution is 2.12. The lowest BCUT2D eigenvalue weighted by atomic mass is 10.2. The fraction of sp³-hybridized carbons (Fsp3) is 0.400. The van der Waals surface area contributed by atoms with Crippen LogP contribution in [0.25, 0.3) is 0 Å². The molecule has 0 radical (unpaired) electrons. The summed E-state index contributed by atoms with van der Waals surface area (Å²) in [5.74, 6) is 0.291. The number of methoxy groups -OCH3 is 1. The van der Waals surface area contributed by atoms with Crippen molar-refractivity contribution in [3.63, 3.8) is 0 Å². The van der Waals surface area contributed by atoms with E-state index >= 15 is 0 Å². The summed E-state index contributed by atoms with van der Waals surface area (Å²) < 4.78 is 31.5. The molecule has 0 aliphatic rings. The first-order valence-corrected chi connectivity index (χ1v) is 8.59. The number of benzene rings is 1. The third-order valence-corrected chi connectivity index (χ3v) is 4.27. The van der Waals surface area contributed by atoms with Gasteiger partial charge in [-0.05, 0) is 24.6 Å². The number of guanidine groups is 1. The smallest absolute Gasteiger partial charge is 0.240 e. The van der Waals surface area contributed by atoms with Crippen LogP contribution in [0.1, 0.15) is 12.5 Å². The van der Waals surface area contributed by atoms with Crippen molar-refractivity contribution in [3.8, 4) is 0 Å². The van der Waals surface area contributed by atoms with E-state index in [9.17, 15) is 8.42 Å². The molecule has 0 spiro atoms. The van der Waals surface area contributed by atoms with Crippen molar-refractivity contribution in [2.45, 2.75) is 18.4 Å². The molecule has 0 saturated carbocycles. The molecule has 0 aromatic heterocycles. The first-order valence-electron chi connectivity index (χ1n) is 7.11. The van der Waals surface area contributed by atoms with Crippen LogP contribution in [0.15, 0.2) is 46.3 Å². The number of sulfonamides is 1. The molecule has 7 nitrogen and oxygen atoms in total. The van der Waals surface area contributed by atoms with Gasteiger partial charge in [-0.15, -0.1) is 0 Å². The lowest BCUT2D eigenvalue weighted by molar-refractivity contribution is 0.204. The molecule has 1 aromatic rings. The average molecular weight is 340 g/mol. The van der Waals surface area contributed by atoms with Gasteiger partial charge in [-0.1, -0.05) is 24.3 Å². The van der Waals surface area contributed by atoms with E-state index in [1.54, 1.807) is 18.2 Å². The third-order valence-electron chi connectivity index (χ3n) is 2.81. The Morgan fingerprint density at radius 1 is 1.43 bits per heavy atom. The summed E-state index contributed by atoms with van der Waals surface area (Å²) in [7, 11) is -2.04. The average Bonchev–Trinajstić information content (AvgIpc) is 2.51. The van der Waals surface area contributed by atoms with Crippen LogP contribution in [0.3, 0.4) is 0 Å². The number of nitrogens with zero attached hydrogens (tertiary/aromatic N) is 1. The fourth-order valence-corrected chi connectivity index (χ4v) is 2.73. The van der Waals surface area contributed by atoms with Crippen molar-refractivity contribution in [1.29, 1.82) is 0 Å². The first-order chi connectivity index (χ1) is 10.8. The van der Waals surface area contributed by atoms with Crippen LogP contribution in [-0.2, 0) is 21.3 Å². The van der Waals surface area contributed by atoms with Crippen molar-refractivity contribution in [3.05, 3.63) is 42.0 Å². The van der Waals surface area contributed by atoms with Gasteiger partial charge >= 0.3 is 0 Å². The van der Waals surface area contributed by atoms with Gasteiger partial charge in [0.15, 0.2) is 5.96 Å². The van der Waals surface area contributed by atoms with Gasteiger partial charge in [-0.25, -0.2) is 18.1 Å². The summed E-state index contributed by atoms with van der Waals surface area (Å²) in [6, 6.07) is 6.58. The Labute approximate surface area is 137 Å². The summed E-state index contributed by atoms with van der Waals surface area (Å²) in [6.45, 7) is 7.01. The number of ether oxygens (including phenoxy) is 1. The molecule has 0 atom stereocenters. The van der Waals surface area contributed by atoms with Crippen LogP contribution < -0.4 is 15.8 Å². The van der Waals surface area contributed by atoms with Gasteiger partial charge in [0.05, 0.1) is 18.0 Å². The SMILES string of the molecule is C=C(C)CNC(N)=NCc1cccc(S(=O)(=O)NCCOC)c1. The normalized spacial score (nSPS) is 12.2. The Balaban J connectivity index is 2.73. The summed E-state index contributed by atoms with van der Waals surface area (Å²) in [5, 5.41) is 2.92. The molecule has 128 valence electrons. The molecule has 0 bridgehead atoms. The second-order valence-corrected chi connectivity index (χ2v) is 6.82. The number of aliphatic imine (C=N–C) groups is 1. The molecule has 0 saturated heterocycles. The predicted molar refractivity (Wildman–Crippen MR) is 91.6 cm³/mol. The van der Waals surface area contributed by atoms with Gasteiger partial charge in [-0.2, -0.15) is 0 Å². The molecular formula is C15H24N4O3S. The zero-order valence-electron chi connectivity index (χ0n) is 13.5. The van der Waals surface area contributed by atoms with Gasteiger partial charge in [0, 0.05) is 20.2 Å². The number of hydrogen-bond acceptors (Lipinski definition) is 4. The molecule has 1 rings (SSSR count). The predicted octanol–water partition coefficient (Wildman–Crippen LogP) is 0.592. The van der Waals surface area contributed by atoms with E-state index in [2.05, 4.69) is 21.6 Å². The highest BCUT2D eigenvalue weighted by molar-refractivity contribution is 7.89. The Morgan fingerprint density at radius 2 is 2.17 bits per heavy atom. The van der Waals surface area contributed by atoms with E-state index in [4.69, 9.17) is 10.5 Å². The number of nitrogens with one attached hydrogen (secondary N) is 2. The van der Waals surface area contributed by atoms with Crippen LogP contribution in [0.2, 0.25) is 0 Å². The summed E-state index contributed by atoms with van der Waals surface area (Å²) >= 11 is 0. The summed E-state index contributed by atoms with van der Waals surface area (Å²) in [6.07, 6.45) is 0. The lowest BCUT2D eigenvalue weighted by Gasteiger charge is -2.08. The fourth-order valence-electron chi connectivity index (χ4n) is 1.65. The quantitative estimate of drug-likeness (QED) is 0.264. The zero-order chi connectivity index (χ0) is 17.3. The molecule has 0 unspecified atom stereocenters. The van der Waals surface area contributed by atoms with E-state index < -0.39 is 10.0 Å². The van der Waals surface area contributed by atoms with Crippen molar-refractivity contribution < 1.29 is 13.2 Å². The topological polar surface area (TPSA) is 106 Å². The Morgan fingerprint density at radius 3 is 2.83 bits per heavy atom. The molecule has 1 aromatic carbocycles. The van der Waals surface area contributed by atoms with Crippen molar-refractivity contribution >= 4 is 16.0 Å². The highest BCUT2D eigenvalue weighted by Gasteiger charge is 2.13.